The number of carbonyl (C=O) groups is 1. The average molecular weight is 524 g/mol. The van der Waals surface area contributed by atoms with E-state index in [1.54, 1.807) is 7.11 Å². The lowest BCUT2D eigenvalue weighted by molar-refractivity contribution is -0.0564. The molecule has 1 saturated carbocycles. The van der Waals surface area contributed by atoms with E-state index in [9.17, 15) is 15.0 Å². The molecule has 2 aliphatic rings. The van der Waals surface area contributed by atoms with E-state index < -0.39 is 5.60 Å². The van der Waals surface area contributed by atoms with Crippen molar-refractivity contribution in [3.05, 3.63) is 34.9 Å². The molecule has 4 N–H and O–H groups in total. The van der Waals surface area contributed by atoms with Gasteiger partial charge >= 0.3 is 6.03 Å². The Morgan fingerprint density at radius 1 is 1.25 bits per heavy atom. The number of hydrogen-bond donors (Lipinski definition) is 4. The molecule has 1 aromatic carbocycles. The molecule has 1 aliphatic carbocycles. The normalized spacial score (nSPS) is 25.2. The molecule has 0 aromatic heterocycles. The molecule has 204 valence electrons. The lowest BCUT2D eigenvalue weighted by Gasteiger charge is -2.43. The number of ether oxygens (including phenoxy) is 1. The molecular weight excluding hydrogens is 478 g/mol. The van der Waals surface area contributed by atoms with E-state index in [4.69, 9.17) is 16.3 Å². The molecule has 0 radical (unpaired) electrons. The number of benzene rings is 1. The van der Waals surface area contributed by atoms with Crippen LogP contribution in [0.3, 0.4) is 0 Å². The highest BCUT2D eigenvalue weighted by atomic mass is 35.5. The highest BCUT2D eigenvalue weighted by Crippen LogP contribution is 2.40. The summed E-state index contributed by atoms with van der Waals surface area (Å²) in [5, 5.41) is 29.0. The van der Waals surface area contributed by atoms with Gasteiger partial charge in [-0.05, 0) is 94.9 Å². The number of unbranched alkanes of at least 4 members (excludes halogenated alkanes) is 1. The second kappa shape index (κ2) is 14.5. The highest BCUT2D eigenvalue weighted by molar-refractivity contribution is 6.30. The number of nitrogens with zero attached hydrogens (tertiary/aromatic N) is 1. The zero-order valence-corrected chi connectivity index (χ0v) is 22.8. The molecule has 2 amide bonds. The Morgan fingerprint density at radius 2 is 2.03 bits per heavy atom. The molecule has 0 bridgehead atoms. The van der Waals surface area contributed by atoms with Gasteiger partial charge in [-0.15, -0.1) is 0 Å². The molecule has 3 rings (SSSR count). The zero-order valence-electron chi connectivity index (χ0n) is 22.1. The molecule has 1 heterocycles. The third-order valence-electron chi connectivity index (χ3n) is 8.08. The van der Waals surface area contributed by atoms with Crippen LogP contribution in [0, 0.1) is 11.8 Å². The van der Waals surface area contributed by atoms with Crippen molar-refractivity contribution in [1.29, 1.82) is 0 Å². The molecule has 36 heavy (non-hydrogen) atoms. The fraction of sp³-hybridized carbons (Fsp3) is 0.750. The number of piperidine rings is 1. The summed E-state index contributed by atoms with van der Waals surface area (Å²) in [5.41, 5.74) is -0.225. The molecule has 7 nitrogen and oxygen atoms in total. The van der Waals surface area contributed by atoms with Crippen LogP contribution in [0.4, 0.5) is 4.79 Å². The monoisotopic (exact) mass is 523 g/mol. The van der Waals surface area contributed by atoms with E-state index in [0.717, 1.165) is 63.4 Å². The van der Waals surface area contributed by atoms with Gasteiger partial charge in [0.2, 0.25) is 0 Å². The van der Waals surface area contributed by atoms with Gasteiger partial charge in [0.25, 0.3) is 0 Å². The topological polar surface area (TPSA) is 94.1 Å². The van der Waals surface area contributed by atoms with Crippen molar-refractivity contribution >= 4 is 17.6 Å². The Labute approximate surface area is 221 Å². The van der Waals surface area contributed by atoms with Crippen molar-refractivity contribution in [2.75, 3.05) is 40.4 Å². The summed E-state index contributed by atoms with van der Waals surface area (Å²) in [6, 6.07) is 7.52. The Kier molecular flexibility index (Phi) is 11.8. The number of aliphatic hydroxyl groups excluding tert-OH is 1. The van der Waals surface area contributed by atoms with Gasteiger partial charge in [0.05, 0.1) is 11.7 Å². The van der Waals surface area contributed by atoms with Gasteiger partial charge < -0.3 is 30.5 Å². The molecule has 2 fully saturated rings. The van der Waals surface area contributed by atoms with Gasteiger partial charge in [-0.2, -0.15) is 0 Å². The van der Waals surface area contributed by atoms with Crippen molar-refractivity contribution in [1.82, 2.24) is 15.5 Å². The maximum Gasteiger partial charge on any atom is 0.317 e. The highest BCUT2D eigenvalue weighted by Gasteiger charge is 2.41. The second-order valence-corrected chi connectivity index (χ2v) is 11.2. The molecule has 0 spiro atoms. The molecule has 3 atom stereocenters. The first kappa shape index (κ1) is 29.2. The van der Waals surface area contributed by atoms with Crippen LogP contribution in [0.5, 0.6) is 0 Å². The van der Waals surface area contributed by atoms with Crippen LogP contribution in [0.1, 0.15) is 69.8 Å². The van der Waals surface area contributed by atoms with Crippen LogP contribution in [-0.4, -0.2) is 73.7 Å². The van der Waals surface area contributed by atoms with Crippen molar-refractivity contribution in [3.63, 3.8) is 0 Å². The van der Waals surface area contributed by atoms with Crippen LogP contribution < -0.4 is 10.6 Å². The number of likely N-dealkylation sites (tertiary alicyclic amines) is 1. The summed E-state index contributed by atoms with van der Waals surface area (Å²) in [6.07, 6.45) is 8.51. The maximum absolute atomic E-state index is 13.4. The van der Waals surface area contributed by atoms with Crippen LogP contribution in [-0.2, 0) is 10.3 Å². The van der Waals surface area contributed by atoms with E-state index in [1.807, 2.05) is 36.2 Å². The lowest BCUT2D eigenvalue weighted by Crippen LogP contribution is -2.54. The quantitative estimate of drug-likeness (QED) is 0.306. The predicted octanol–water partition coefficient (Wildman–Crippen LogP) is 4.30. The summed E-state index contributed by atoms with van der Waals surface area (Å²) in [5.74, 6) is 0.460. The third-order valence-corrected chi connectivity index (χ3v) is 8.31. The van der Waals surface area contributed by atoms with Crippen molar-refractivity contribution in [2.45, 2.75) is 82.0 Å². The number of rotatable bonds is 12. The number of carbonyl (C=O) groups excluding carboxylic acids is 1. The molecule has 1 aromatic rings. The number of likely N-dealkylation sites (N-methyl/N-ethyl adjacent to an activating group) is 1. The Bertz CT molecular complexity index is 805. The van der Waals surface area contributed by atoms with Crippen molar-refractivity contribution < 1.29 is 19.7 Å². The average Bonchev–Trinajstić information content (AvgIpc) is 2.88. The van der Waals surface area contributed by atoms with Crippen LogP contribution in [0.2, 0.25) is 5.02 Å². The summed E-state index contributed by atoms with van der Waals surface area (Å²) < 4.78 is 5.21. The number of nitrogens with one attached hydrogen (secondary N) is 2. The molecular formula is C28H46ClN3O4. The first-order chi connectivity index (χ1) is 17.4. The lowest BCUT2D eigenvalue weighted by atomic mass is 9.74. The third kappa shape index (κ3) is 8.32. The summed E-state index contributed by atoms with van der Waals surface area (Å²) in [6.45, 7) is 2.59. The fourth-order valence-electron chi connectivity index (χ4n) is 6.02. The minimum Gasteiger partial charge on any atom is -0.393 e. The fourth-order valence-corrected chi connectivity index (χ4v) is 6.21. The molecule has 1 saturated heterocycles. The van der Waals surface area contributed by atoms with Gasteiger partial charge in [0, 0.05) is 50.3 Å². The van der Waals surface area contributed by atoms with E-state index in [2.05, 4.69) is 10.6 Å². The number of urea groups is 1. The van der Waals surface area contributed by atoms with Gasteiger partial charge in [0.1, 0.15) is 0 Å². The number of methoxy groups -OCH3 is 1. The van der Waals surface area contributed by atoms with Crippen molar-refractivity contribution in [2.24, 2.45) is 11.8 Å². The number of hydrogen-bond acceptors (Lipinski definition) is 5. The standard InChI is InChI=1S/C28H46ClN3O4/c1-30-19-25(17-21-10-12-26(33)13-11-21)31-27(34)32-15-6-8-23(20-32)28(35,14-3-4-16-36-2)22-7-5-9-24(29)18-22/h5,7,9,18,21,23,25-26,30,33,35H,3-4,6,8,10-17,19-20H2,1-2H3,(H,31,34)/t21-,23-,25+,26-,28-/m1/s1. The Morgan fingerprint density at radius 3 is 2.72 bits per heavy atom. The minimum atomic E-state index is -1.05. The summed E-state index contributed by atoms with van der Waals surface area (Å²) >= 11 is 6.30. The smallest absolute Gasteiger partial charge is 0.317 e. The SMILES string of the molecule is CNC[C@H](C[C@H]1CC[C@H](O)CC1)NC(=O)N1CCC[C@@H]([C@@](O)(CCCCOC)c2cccc(Cl)c2)C1. The van der Waals surface area contributed by atoms with E-state index >= 15 is 0 Å². The van der Waals surface area contributed by atoms with Crippen LogP contribution >= 0.6 is 11.6 Å². The molecule has 8 heteroatoms. The number of amides is 2. The predicted molar refractivity (Wildman–Crippen MR) is 144 cm³/mol. The first-order valence-electron chi connectivity index (χ1n) is 13.7. The van der Waals surface area contributed by atoms with Crippen LogP contribution in [0.15, 0.2) is 24.3 Å². The Hall–Kier alpha value is -1.38. The van der Waals surface area contributed by atoms with Gasteiger partial charge in [-0.1, -0.05) is 23.7 Å². The Balaban J connectivity index is 1.66. The molecule has 1 aliphatic heterocycles. The van der Waals surface area contributed by atoms with Crippen molar-refractivity contribution in [3.8, 4) is 0 Å². The van der Waals surface area contributed by atoms with E-state index in [0.29, 0.717) is 43.6 Å². The zero-order chi connectivity index (χ0) is 26.0. The largest absolute Gasteiger partial charge is 0.393 e. The number of halogens is 1. The van der Waals surface area contributed by atoms with Gasteiger partial charge in [-0.25, -0.2) is 4.79 Å². The summed E-state index contributed by atoms with van der Waals surface area (Å²) in [7, 11) is 3.61. The second-order valence-electron chi connectivity index (χ2n) is 10.8. The maximum atomic E-state index is 13.4. The van der Waals surface area contributed by atoms with Gasteiger partial charge in [0.15, 0.2) is 0 Å². The first-order valence-corrected chi connectivity index (χ1v) is 14.1. The van der Waals surface area contributed by atoms with E-state index in [-0.39, 0.29) is 24.1 Å². The minimum absolute atomic E-state index is 0.0453. The van der Waals surface area contributed by atoms with Gasteiger partial charge in [-0.3, -0.25) is 0 Å². The van der Waals surface area contributed by atoms with Crippen LogP contribution in [0.25, 0.3) is 0 Å². The molecule has 0 unspecified atom stereocenters. The summed E-state index contributed by atoms with van der Waals surface area (Å²) in [4.78, 5) is 15.2. The number of aliphatic hydroxyl groups is 2. The van der Waals surface area contributed by atoms with E-state index in [1.165, 1.54) is 0 Å².